The molecule has 0 spiro atoms. The molecule has 0 bridgehead atoms. The SMILES string of the molecule is Cc1cc(/C=C(\O)C(=O)O)cc(Cl)c1N. The maximum atomic E-state index is 10.4. The minimum atomic E-state index is -1.39. The second-order valence-electron chi connectivity index (χ2n) is 3.07. The fourth-order valence-corrected chi connectivity index (χ4v) is 1.36. The van der Waals surface area contributed by atoms with Gasteiger partial charge in [0.15, 0.2) is 0 Å². The number of benzene rings is 1. The van der Waals surface area contributed by atoms with Gasteiger partial charge in [-0.05, 0) is 36.3 Å². The number of halogens is 1. The summed E-state index contributed by atoms with van der Waals surface area (Å²) in [6, 6.07) is 3.13. The van der Waals surface area contributed by atoms with E-state index in [1.54, 1.807) is 13.0 Å². The molecule has 0 unspecified atom stereocenters. The lowest BCUT2D eigenvalue weighted by molar-refractivity contribution is -0.135. The average Bonchev–Trinajstić information content (AvgIpc) is 2.13. The maximum Gasteiger partial charge on any atom is 0.370 e. The van der Waals surface area contributed by atoms with Crippen LogP contribution in [-0.2, 0) is 4.79 Å². The highest BCUT2D eigenvalue weighted by atomic mass is 35.5. The predicted octanol–water partition coefficient (Wildman–Crippen LogP) is 2.21. The highest BCUT2D eigenvalue weighted by Crippen LogP contribution is 2.25. The van der Waals surface area contributed by atoms with E-state index in [0.717, 1.165) is 11.6 Å². The van der Waals surface area contributed by atoms with Crippen LogP contribution in [0.2, 0.25) is 5.02 Å². The molecule has 0 radical (unpaired) electrons. The normalized spacial score (nSPS) is 11.5. The number of hydrogen-bond donors (Lipinski definition) is 3. The Kier molecular flexibility index (Phi) is 3.21. The molecule has 0 aliphatic rings. The van der Waals surface area contributed by atoms with Crippen LogP contribution in [0.1, 0.15) is 11.1 Å². The monoisotopic (exact) mass is 227 g/mol. The van der Waals surface area contributed by atoms with Crippen LogP contribution in [-0.4, -0.2) is 16.2 Å². The third-order valence-corrected chi connectivity index (χ3v) is 2.19. The van der Waals surface area contributed by atoms with E-state index in [0.29, 0.717) is 16.3 Å². The Morgan fingerprint density at radius 3 is 2.53 bits per heavy atom. The number of hydrogen-bond acceptors (Lipinski definition) is 3. The molecule has 0 heterocycles. The first-order valence-electron chi connectivity index (χ1n) is 4.11. The number of aryl methyl sites for hydroxylation is 1. The number of nitrogens with two attached hydrogens (primary N) is 1. The van der Waals surface area contributed by atoms with Crippen molar-refractivity contribution in [2.45, 2.75) is 6.92 Å². The highest BCUT2D eigenvalue weighted by molar-refractivity contribution is 6.33. The lowest BCUT2D eigenvalue weighted by atomic mass is 10.1. The summed E-state index contributed by atoms with van der Waals surface area (Å²) < 4.78 is 0. The second-order valence-corrected chi connectivity index (χ2v) is 3.48. The third-order valence-electron chi connectivity index (χ3n) is 1.88. The quantitative estimate of drug-likeness (QED) is 0.411. The Bertz CT molecular complexity index is 417. The number of rotatable bonds is 2. The molecular formula is C10H10ClNO3. The number of aliphatic carboxylic acids is 1. The number of carboxylic acid groups (broad SMARTS) is 1. The fraction of sp³-hybridized carbons (Fsp3) is 0.100. The summed E-state index contributed by atoms with van der Waals surface area (Å²) in [5.74, 6) is -2.13. The fourth-order valence-electron chi connectivity index (χ4n) is 1.08. The summed E-state index contributed by atoms with van der Waals surface area (Å²) in [5, 5.41) is 17.8. The van der Waals surface area contributed by atoms with Crippen molar-refractivity contribution < 1.29 is 15.0 Å². The molecule has 0 aliphatic heterocycles. The van der Waals surface area contributed by atoms with Gasteiger partial charge >= 0.3 is 5.97 Å². The van der Waals surface area contributed by atoms with E-state index in [1.165, 1.54) is 6.07 Å². The minimum Gasteiger partial charge on any atom is -0.502 e. The zero-order valence-corrected chi connectivity index (χ0v) is 8.75. The molecule has 0 amide bonds. The molecule has 0 aromatic heterocycles. The number of carbonyl (C=O) groups is 1. The third kappa shape index (κ3) is 2.63. The summed E-state index contributed by atoms with van der Waals surface area (Å²) in [6.45, 7) is 1.75. The molecule has 15 heavy (non-hydrogen) atoms. The second kappa shape index (κ2) is 4.23. The van der Waals surface area contributed by atoms with Crippen molar-refractivity contribution in [1.82, 2.24) is 0 Å². The van der Waals surface area contributed by atoms with Gasteiger partial charge in [0.2, 0.25) is 5.76 Å². The van der Waals surface area contributed by atoms with Gasteiger partial charge < -0.3 is 15.9 Å². The molecule has 0 saturated heterocycles. The number of carboxylic acids is 1. The van der Waals surface area contributed by atoms with Gasteiger partial charge in [-0.1, -0.05) is 11.6 Å². The van der Waals surface area contributed by atoms with Crippen LogP contribution < -0.4 is 5.73 Å². The van der Waals surface area contributed by atoms with Crippen LogP contribution >= 0.6 is 11.6 Å². The maximum absolute atomic E-state index is 10.4. The largest absolute Gasteiger partial charge is 0.502 e. The first-order chi connectivity index (χ1) is 6.91. The number of aliphatic hydroxyl groups excluding tert-OH is 1. The number of nitrogen functional groups attached to an aromatic ring is 1. The minimum absolute atomic E-state index is 0.333. The Balaban J connectivity index is 3.18. The van der Waals surface area contributed by atoms with E-state index >= 15 is 0 Å². The highest BCUT2D eigenvalue weighted by Gasteiger charge is 2.06. The Morgan fingerprint density at radius 2 is 2.07 bits per heavy atom. The Hall–Kier alpha value is -1.68. The molecule has 4 N–H and O–H groups in total. The van der Waals surface area contributed by atoms with E-state index in [-0.39, 0.29) is 0 Å². The van der Waals surface area contributed by atoms with Crippen LogP contribution in [0.5, 0.6) is 0 Å². The lowest BCUT2D eigenvalue weighted by Crippen LogP contribution is -1.99. The van der Waals surface area contributed by atoms with Gasteiger partial charge in [0.05, 0.1) is 10.7 Å². The lowest BCUT2D eigenvalue weighted by Gasteiger charge is -2.04. The molecule has 0 aliphatic carbocycles. The zero-order valence-electron chi connectivity index (χ0n) is 7.99. The van der Waals surface area contributed by atoms with Crippen LogP contribution in [0.3, 0.4) is 0 Å². The Labute approximate surface area is 91.6 Å². The zero-order chi connectivity index (χ0) is 11.6. The van der Waals surface area contributed by atoms with Gasteiger partial charge in [0.1, 0.15) is 0 Å². The summed E-state index contributed by atoms with van der Waals surface area (Å²) in [7, 11) is 0. The summed E-state index contributed by atoms with van der Waals surface area (Å²) in [6.07, 6.45) is 1.11. The van der Waals surface area contributed by atoms with E-state index in [1.807, 2.05) is 0 Å². The predicted molar refractivity (Wildman–Crippen MR) is 58.8 cm³/mol. The van der Waals surface area contributed by atoms with Gasteiger partial charge in [0, 0.05) is 0 Å². The molecule has 80 valence electrons. The molecule has 1 aromatic rings. The molecule has 0 saturated carbocycles. The van der Waals surface area contributed by atoms with Crippen LogP contribution in [0.4, 0.5) is 5.69 Å². The molecule has 1 rings (SSSR count). The van der Waals surface area contributed by atoms with Crippen molar-refractivity contribution in [2.24, 2.45) is 0 Å². The summed E-state index contributed by atoms with van der Waals surface area (Å²) in [5.41, 5.74) is 7.28. The van der Waals surface area contributed by atoms with Crippen molar-refractivity contribution in [3.63, 3.8) is 0 Å². The van der Waals surface area contributed by atoms with Gasteiger partial charge in [-0.25, -0.2) is 4.79 Å². The number of aliphatic hydroxyl groups is 1. The van der Waals surface area contributed by atoms with Gasteiger partial charge in [-0.3, -0.25) is 0 Å². The van der Waals surface area contributed by atoms with Gasteiger partial charge in [-0.15, -0.1) is 0 Å². The molecule has 0 atom stereocenters. The number of anilines is 1. The van der Waals surface area contributed by atoms with Gasteiger partial charge in [0.25, 0.3) is 0 Å². The molecule has 5 heteroatoms. The van der Waals surface area contributed by atoms with E-state index in [4.69, 9.17) is 27.5 Å². The van der Waals surface area contributed by atoms with Crippen molar-refractivity contribution in [3.05, 3.63) is 34.0 Å². The first kappa shape index (κ1) is 11.4. The van der Waals surface area contributed by atoms with E-state index < -0.39 is 11.7 Å². The van der Waals surface area contributed by atoms with Crippen molar-refractivity contribution in [3.8, 4) is 0 Å². The Morgan fingerprint density at radius 1 is 1.47 bits per heavy atom. The van der Waals surface area contributed by atoms with Crippen LogP contribution in [0, 0.1) is 6.92 Å². The van der Waals surface area contributed by atoms with Crippen molar-refractivity contribution in [1.29, 1.82) is 0 Å². The summed E-state index contributed by atoms with van der Waals surface area (Å²) in [4.78, 5) is 10.4. The van der Waals surface area contributed by atoms with Gasteiger partial charge in [-0.2, -0.15) is 0 Å². The first-order valence-corrected chi connectivity index (χ1v) is 4.49. The standard InChI is InChI=1S/C10H10ClNO3/c1-5-2-6(3-7(11)9(5)12)4-8(13)10(14)15/h2-4,13H,12H2,1H3,(H,14,15)/b8-4-. The molecule has 4 nitrogen and oxygen atoms in total. The van der Waals surface area contributed by atoms with E-state index in [2.05, 4.69) is 0 Å². The van der Waals surface area contributed by atoms with Crippen LogP contribution in [0.25, 0.3) is 6.08 Å². The van der Waals surface area contributed by atoms with Crippen molar-refractivity contribution >= 4 is 29.3 Å². The van der Waals surface area contributed by atoms with E-state index in [9.17, 15) is 4.79 Å². The topological polar surface area (TPSA) is 83.5 Å². The molecular weight excluding hydrogens is 218 g/mol. The summed E-state index contributed by atoms with van der Waals surface area (Å²) >= 11 is 5.80. The molecule has 0 fully saturated rings. The average molecular weight is 228 g/mol. The van der Waals surface area contributed by atoms with Crippen molar-refractivity contribution in [2.75, 3.05) is 5.73 Å². The van der Waals surface area contributed by atoms with Crippen LogP contribution in [0.15, 0.2) is 17.9 Å². The molecule has 1 aromatic carbocycles. The smallest absolute Gasteiger partial charge is 0.370 e.